The van der Waals surface area contributed by atoms with Gasteiger partial charge in [-0.3, -0.25) is 0 Å². The molecule has 0 fully saturated rings. The van der Waals surface area contributed by atoms with Crippen LogP contribution < -0.4 is 10.3 Å². The van der Waals surface area contributed by atoms with E-state index in [2.05, 4.69) is 10.3 Å². The Bertz CT molecular complexity index is 92.0. The number of nitrogens with two attached hydrogens (primary N) is 2. The van der Waals surface area contributed by atoms with Crippen LogP contribution in [-0.4, -0.2) is 13.9 Å². The molecule has 5 nitrogen and oxygen atoms in total. The normalized spacial score (nSPS) is 9.67. The highest BCUT2D eigenvalue weighted by atomic mass is 32.2. The third-order valence-electron chi connectivity index (χ3n) is 0. The van der Waals surface area contributed by atoms with Crippen LogP contribution in [0.1, 0.15) is 0 Å². The Hall–Kier alpha value is -0.170. The molecule has 40 valence electrons. The molecule has 0 bridgehead atoms. The standard InChI is InChI=1S/H4N2O2S.H2O/c1-5(2,3)4;/h(H4,1,2,3,4);1H2. The molecule has 0 saturated carbocycles. The van der Waals surface area contributed by atoms with Crippen molar-refractivity contribution in [3.05, 3.63) is 0 Å². The zero-order valence-corrected chi connectivity index (χ0v) is 3.70. The van der Waals surface area contributed by atoms with E-state index in [1.54, 1.807) is 0 Å². The van der Waals surface area contributed by atoms with Crippen LogP contribution in [0.2, 0.25) is 0 Å². The number of rotatable bonds is 0. The van der Waals surface area contributed by atoms with Crippen LogP contribution in [0, 0.1) is 0 Å². The molecule has 0 aliphatic carbocycles. The lowest BCUT2D eigenvalue weighted by Gasteiger charge is -1.72. The van der Waals surface area contributed by atoms with Crippen molar-refractivity contribution >= 4 is 10.2 Å². The van der Waals surface area contributed by atoms with Crippen molar-refractivity contribution in [2.45, 2.75) is 0 Å². The van der Waals surface area contributed by atoms with Gasteiger partial charge in [-0.1, -0.05) is 0 Å². The predicted molar refractivity (Wildman–Crippen MR) is 20.9 cm³/mol. The zero-order valence-electron chi connectivity index (χ0n) is 2.88. The van der Waals surface area contributed by atoms with Gasteiger partial charge in [0.2, 0.25) is 0 Å². The molecule has 0 amide bonds. The van der Waals surface area contributed by atoms with E-state index in [0.29, 0.717) is 0 Å². The van der Waals surface area contributed by atoms with Crippen LogP contribution in [0.5, 0.6) is 0 Å². The van der Waals surface area contributed by atoms with E-state index in [0.717, 1.165) is 0 Å². The average Bonchev–Trinajstić information content (AvgIpc) is 0.722. The summed E-state index contributed by atoms with van der Waals surface area (Å²) in [5, 5.41) is 8.21. The monoisotopic (exact) mass is 114 g/mol. The quantitative estimate of drug-likeness (QED) is 0.357. The van der Waals surface area contributed by atoms with Crippen molar-refractivity contribution in [2.75, 3.05) is 0 Å². The molecule has 0 rings (SSSR count). The van der Waals surface area contributed by atoms with Crippen molar-refractivity contribution < 1.29 is 13.9 Å². The first-order valence-corrected chi connectivity index (χ1v) is 2.41. The summed E-state index contributed by atoms with van der Waals surface area (Å²) < 4.78 is 18.4. The van der Waals surface area contributed by atoms with Gasteiger partial charge in [0.05, 0.1) is 0 Å². The molecular formula is H6N2O3S. The van der Waals surface area contributed by atoms with E-state index in [1.807, 2.05) is 0 Å². The number of hydrogen-bond acceptors (Lipinski definition) is 2. The Kier molecular flexibility index (Phi) is 3.22. The fourth-order valence-electron chi connectivity index (χ4n) is 0. The van der Waals surface area contributed by atoms with Crippen LogP contribution >= 0.6 is 0 Å². The van der Waals surface area contributed by atoms with E-state index in [1.165, 1.54) is 0 Å². The average molecular weight is 114 g/mol. The summed E-state index contributed by atoms with van der Waals surface area (Å²) in [4.78, 5) is 0. The van der Waals surface area contributed by atoms with Crippen LogP contribution in [0.25, 0.3) is 0 Å². The lowest BCUT2D eigenvalue weighted by molar-refractivity contribution is 0.599. The largest absolute Gasteiger partial charge is 0.412 e. The molecule has 0 atom stereocenters. The van der Waals surface area contributed by atoms with Gasteiger partial charge in [0, 0.05) is 0 Å². The first-order chi connectivity index (χ1) is 2.00. The molecule has 0 unspecified atom stereocenters. The molecule has 6 N–H and O–H groups in total. The maximum absolute atomic E-state index is 9.19. The summed E-state index contributed by atoms with van der Waals surface area (Å²) in [5.41, 5.74) is 0. The van der Waals surface area contributed by atoms with Crippen LogP contribution in [0.15, 0.2) is 0 Å². The SMILES string of the molecule is NS(N)(=O)=O.O. The molecule has 0 aromatic rings. The molecule has 0 saturated heterocycles. The molecule has 0 heterocycles. The highest BCUT2D eigenvalue weighted by Gasteiger charge is 1.78. The van der Waals surface area contributed by atoms with Crippen LogP contribution in [0.4, 0.5) is 0 Å². The van der Waals surface area contributed by atoms with Crippen molar-refractivity contribution in [3.63, 3.8) is 0 Å². The minimum absolute atomic E-state index is 0. The molecule has 6 heteroatoms. The highest BCUT2D eigenvalue weighted by Crippen LogP contribution is 1.40. The Morgan fingerprint density at radius 2 is 1.17 bits per heavy atom. The van der Waals surface area contributed by atoms with E-state index in [-0.39, 0.29) is 5.48 Å². The minimum Gasteiger partial charge on any atom is -0.412 e. The third kappa shape index (κ3) is 1060. The van der Waals surface area contributed by atoms with Gasteiger partial charge in [0.1, 0.15) is 0 Å². The van der Waals surface area contributed by atoms with E-state index in [9.17, 15) is 8.42 Å². The molecule has 0 spiro atoms. The first-order valence-electron chi connectivity index (χ1n) is 0.805. The van der Waals surface area contributed by atoms with Crippen molar-refractivity contribution in [1.29, 1.82) is 0 Å². The summed E-state index contributed by atoms with van der Waals surface area (Å²) in [6.45, 7) is 0. The van der Waals surface area contributed by atoms with Gasteiger partial charge in [-0.15, -0.1) is 0 Å². The van der Waals surface area contributed by atoms with Gasteiger partial charge in [-0.05, 0) is 0 Å². The summed E-state index contributed by atoms with van der Waals surface area (Å²) in [6.07, 6.45) is 0. The van der Waals surface area contributed by atoms with Gasteiger partial charge < -0.3 is 5.48 Å². The second-order valence-corrected chi connectivity index (χ2v) is 1.77. The second-order valence-electron chi connectivity index (χ2n) is 0.589. The fourth-order valence-corrected chi connectivity index (χ4v) is 0. The maximum atomic E-state index is 9.19. The number of hydrogen-bond donors (Lipinski definition) is 2. The summed E-state index contributed by atoms with van der Waals surface area (Å²) in [6, 6.07) is 0. The zero-order chi connectivity index (χ0) is 4.50. The van der Waals surface area contributed by atoms with Crippen molar-refractivity contribution in [2.24, 2.45) is 10.3 Å². The first kappa shape index (κ1) is 9.27. The Labute approximate surface area is 35.4 Å². The molecule has 6 heavy (non-hydrogen) atoms. The molecular weight excluding hydrogens is 108 g/mol. The fraction of sp³-hybridized carbons (Fsp3) is 0. The van der Waals surface area contributed by atoms with Crippen LogP contribution in [-0.2, 0) is 10.2 Å². The minimum atomic E-state index is -3.67. The Morgan fingerprint density at radius 1 is 1.17 bits per heavy atom. The van der Waals surface area contributed by atoms with Gasteiger partial charge in [0.15, 0.2) is 0 Å². The molecule has 0 aliphatic rings. The lowest BCUT2D eigenvalue weighted by Crippen LogP contribution is -2.21. The summed E-state index contributed by atoms with van der Waals surface area (Å²) >= 11 is 0. The molecule has 0 aromatic carbocycles. The summed E-state index contributed by atoms with van der Waals surface area (Å²) in [7, 11) is -3.67. The van der Waals surface area contributed by atoms with Crippen LogP contribution in [0.3, 0.4) is 0 Å². The van der Waals surface area contributed by atoms with E-state index >= 15 is 0 Å². The van der Waals surface area contributed by atoms with Gasteiger partial charge >= 0.3 is 0 Å². The van der Waals surface area contributed by atoms with Gasteiger partial charge in [-0.2, -0.15) is 8.42 Å². The predicted octanol–water partition coefficient (Wildman–Crippen LogP) is -2.68. The van der Waals surface area contributed by atoms with E-state index in [4.69, 9.17) is 0 Å². The molecule has 0 aromatic heterocycles. The molecule has 0 radical (unpaired) electrons. The smallest absolute Gasteiger partial charge is 0.271 e. The topological polar surface area (TPSA) is 118 Å². The van der Waals surface area contributed by atoms with Crippen molar-refractivity contribution in [3.8, 4) is 0 Å². The summed E-state index contributed by atoms with van der Waals surface area (Å²) in [5.74, 6) is 0. The highest BCUT2D eigenvalue weighted by molar-refractivity contribution is 7.86. The molecule has 0 aliphatic heterocycles. The Morgan fingerprint density at radius 3 is 1.17 bits per heavy atom. The third-order valence-corrected chi connectivity index (χ3v) is 0. The van der Waals surface area contributed by atoms with Gasteiger partial charge in [0.25, 0.3) is 10.2 Å². The van der Waals surface area contributed by atoms with Crippen molar-refractivity contribution in [1.82, 2.24) is 0 Å². The lowest BCUT2D eigenvalue weighted by atomic mass is 13.9. The Balaban J connectivity index is 0. The van der Waals surface area contributed by atoms with E-state index < -0.39 is 10.2 Å². The van der Waals surface area contributed by atoms with Gasteiger partial charge in [-0.25, -0.2) is 10.3 Å². The second kappa shape index (κ2) is 2.08. The maximum Gasteiger partial charge on any atom is 0.271 e.